The number of pyridine rings is 1. The molecule has 3 aliphatic rings. The van der Waals surface area contributed by atoms with Crippen molar-refractivity contribution in [1.82, 2.24) is 10.3 Å². The van der Waals surface area contributed by atoms with Crippen molar-refractivity contribution in [3.05, 3.63) is 58.1 Å². The number of hydrogen-bond donors (Lipinski definition) is 1. The molecule has 0 saturated carbocycles. The van der Waals surface area contributed by atoms with Crippen LogP contribution in [0.5, 0.6) is 0 Å². The quantitative estimate of drug-likeness (QED) is 0.502. The molecule has 38 heavy (non-hydrogen) atoms. The third kappa shape index (κ3) is 4.87. The predicted octanol–water partition coefficient (Wildman–Crippen LogP) is 4.77. The van der Waals surface area contributed by atoms with E-state index in [1.807, 2.05) is 12.1 Å². The highest BCUT2D eigenvalue weighted by molar-refractivity contribution is 6.36. The summed E-state index contributed by atoms with van der Waals surface area (Å²) in [5.74, 6) is 1.85. The fraction of sp³-hybridized carbons (Fsp3) is 0.448. The number of nitriles is 1. The highest BCUT2D eigenvalue weighted by Crippen LogP contribution is 2.40. The first-order valence-corrected chi connectivity index (χ1v) is 13.7. The van der Waals surface area contributed by atoms with Crippen molar-refractivity contribution in [2.24, 2.45) is 0 Å². The van der Waals surface area contributed by atoms with Crippen LogP contribution in [0.4, 0.5) is 17.3 Å². The molecular weight excluding hydrogens is 519 g/mol. The Kier molecular flexibility index (Phi) is 7.88. The van der Waals surface area contributed by atoms with Gasteiger partial charge in [0.2, 0.25) is 0 Å². The van der Waals surface area contributed by atoms with E-state index in [0.717, 1.165) is 90.9 Å². The summed E-state index contributed by atoms with van der Waals surface area (Å²) in [6.07, 6.45) is 1.10. The van der Waals surface area contributed by atoms with E-state index >= 15 is 0 Å². The molecule has 2 aromatic carbocycles. The molecule has 6 rings (SSSR count). The van der Waals surface area contributed by atoms with Gasteiger partial charge in [0.05, 0.1) is 22.8 Å². The van der Waals surface area contributed by atoms with Crippen LogP contribution in [0.25, 0.3) is 10.8 Å². The van der Waals surface area contributed by atoms with Crippen molar-refractivity contribution < 1.29 is 4.74 Å². The molecule has 0 amide bonds. The number of hydrogen-bond acceptors (Lipinski definition) is 7. The van der Waals surface area contributed by atoms with Crippen LogP contribution >= 0.6 is 24.0 Å². The highest BCUT2D eigenvalue weighted by Gasteiger charge is 2.33. The van der Waals surface area contributed by atoms with Crippen molar-refractivity contribution in [2.45, 2.75) is 39.0 Å². The number of ether oxygens (including phenoxy) is 1. The van der Waals surface area contributed by atoms with E-state index in [4.69, 9.17) is 21.3 Å². The second-order valence-corrected chi connectivity index (χ2v) is 10.8. The van der Waals surface area contributed by atoms with Crippen molar-refractivity contribution in [3.8, 4) is 6.07 Å². The molecule has 1 aromatic heterocycles. The molecule has 4 heterocycles. The average Bonchev–Trinajstić information content (AvgIpc) is 2.91. The zero-order chi connectivity index (χ0) is 25.5. The van der Waals surface area contributed by atoms with Gasteiger partial charge in [-0.2, -0.15) is 5.26 Å². The van der Waals surface area contributed by atoms with Gasteiger partial charge >= 0.3 is 0 Å². The lowest BCUT2D eigenvalue weighted by Gasteiger charge is -2.41. The zero-order valence-electron chi connectivity index (χ0n) is 21.9. The first-order valence-electron chi connectivity index (χ1n) is 13.3. The molecule has 0 spiro atoms. The summed E-state index contributed by atoms with van der Waals surface area (Å²) in [6, 6.07) is 15.0. The van der Waals surface area contributed by atoms with Crippen LogP contribution in [0.15, 0.2) is 36.4 Å². The van der Waals surface area contributed by atoms with Crippen molar-refractivity contribution >= 4 is 52.1 Å². The summed E-state index contributed by atoms with van der Waals surface area (Å²) < 4.78 is 6.04. The molecule has 3 aromatic rings. The number of benzene rings is 2. The van der Waals surface area contributed by atoms with Crippen LogP contribution in [0.1, 0.15) is 30.5 Å². The Labute approximate surface area is 235 Å². The van der Waals surface area contributed by atoms with Gasteiger partial charge in [-0.05, 0) is 43.4 Å². The average molecular weight is 554 g/mol. The van der Waals surface area contributed by atoms with E-state index in [2.05, 4.69) is 64.2 Å². The molecule has 200 valence electrons. The lowest BCUT2D eigenvalue weighted by molar-refractivity contribution is -0.00551. The zero-order valence-corrected chi connectivity index (χ0v) is 23.5. The molecule has 3 aliphatic heterocycles. The SMILES string of the molecule is CC1CN(c2nc(N3CCNCC3)c(C#N)c3c2CCN(c2cccc4cccc(Cl)c24)C3)CC(C)O1.Cl. The van der Waals surface area contributed by atoms with Gasteiger partial charge in [-0.3, -0.25) is 0 Å². The molecule has 0 aliphatic carbocycles. The molecule has 0 bridgehead atoms. The summed E-state index contributed by atoms with van der Waals surface area (Å²) in [5.41, 5.74) is 4.14. The minimum absolute atomic E-state index is 0. The van der Waals surface area contributed by atoms with E-state index in [0.29, 0.717) is 12.1 Å². The number of fused-ring (bicyclic) bond motifs is 2. The molecule has 2 fully saturated rings. The Balaban J connectivity index is 0.00000294. The molecule has 0 radical (unpaired) electrons. The van der Waals surface area contributed by atoms with E-state index in [1.54, 1.807) is 0 Å². The van der Waals surface area contributed by atoms with Gasteiger partial charge in [0.15, 0.2) is 0 Å². The topological polar surface area (TPSA) is 67.7 Å². The third-order valence-corrected chi connectivity index (χ3v) is 8.09. The Morgan fingerprint density at radius 1 is 0.947 bits per heavy atom. The maximum absolute atomic E-state index is 10.5. The monoisotopic (exact) mass is 552 g/mol. The Hall–Kier alpha value is -2.76. The molecular formula is C29H34Cl2N6O. The van der Waals surface area contributed by atoms with Crippen LogP contribution in [-0.2, 0) is 17.7 Å². The number of anilines is 3. The van der Waals surface area contributed by atoms with Gasteiger partial charge in [-0.1, -0.05) is 35.9 Å². The molecule has 2 atom stereocenters. The lowest BCUT2D eigenvalue weighted by Crippen LogP contribution is -2.48. The second kappa shape index (κ2) is 11.2. The van der Waals surface area contributed by atoms with Gasteiger partial charge < -0.3 is 24.8 Å². The maximum Gasteiger partial charge on any atom is 0.149 e. The Morgan fingerprint density at radius 3 is 2.37 bits per heavy atom. The number of morpholine rings is 1. The second-order valence-electron chi connectivity index (χ2n) is 10.4. The van der Waals surface area contributed by atoms with Crippen LogP contribution in [0, 0.1) is 11.3 Å². The van der Waals surface area contributed by atoms with Crippen molar-refractivity contribution in [2.75, 3.05) is 60.5 Å². The number of piperazine rings is 1. The first-order chi connectivity index (χ1) is 18.0. The van der Waals surface area contributed by atoms with Crippen LogP contribution in [-0.4, -0.2) is 63.0 Å². The summed E-state index contributed by atoms with van der Waals surface area (Å²) in [7, 11) is 0. The fourth-order valence-electron chi connectivity index (χ4n) is 6.18. The van der Waals surface area contributed by atoms with Gasteiger partial charge in [-0.15, -0.1) is 12.4 Å². The minimum atomic E-state index is 0. The van der Waals surface area contributed by atoms with Crippen LogP contribution < -0.4 is 20.0 Å². The molecule has 7 nitrogen and oxygen atoms in total. The van der Waals surface area contributed by atoms with E-state index in [1.165, 1.54) is 5.56 Å². The standard InChI is InChI=1S/C29H33ClN6O.ClH/c1-19-16-36(17-20(2)37-19)28-22-9-12-35(26-8-4-6-21-5-3-7-25(30)27(21)26)18-24(22)23(15-31)29(33-28)34-13-10-32-11-14-34;/h3-8,19-20,32H,9-14,16-18H2,1-2H3;1H. The minimum Gasteiger partial charge on any atom is -0.372 e. The largest absolute Gasteiger partial charge is 0.372 e. The summed E-state index contributed by atoms with van der Waals surface area (Å²) >= 11 is 6.70. The van der Waals surface area contributed by atoms with E-state index < -0.39 is 0 Å². The predicted molar refractivity (Wildman–Crippen MR) is 157 cm³/mol. The number of aromatic nitrogens is 1. The first kappa shape index (κ1) is 26.8. The molecule has 9 heteroatoms. The van der Waals surface area contributed by atoms with Crippen molar-refractivity contribution in [1.29, 1.82) is 5.26 Å². The molecule has 2 saturated heterocycles. The number of nitrogens with one attached hydrogen (secondary N) is 1. The Bertz CT molecular complexity index is 1350. The van der Waals surface area contributed by atoms with Crippen LogP contribution in [0.2, 0.25) is 5.02 Å². The van der Waals surface area contributed by atoms with Gasteiger partial charge in [-0.25, -0.2) is 4.98 Å². The Morgan fingerprint density at radius 2 is 1.66 bits per heavy atom. The lowest BCUT2D eigenvalue weighted by atomic mass is 9.94. The highest BCUT2D eigenvalue weighted by atomic mass is 35.5. The fourth-order valence-corrected chi connectivity index (χ4v) is 6.46. The normalized spacial score (nSPS) is 21.6. The summed E-state index contributed by atoms with van der Waals surface area (Å²) in [6.45, 7) is 10.8. The summed E-state index contributed by atoms with van der Waals surface area (Å²) in [4.78, 5) is 12.3. The number of halogens is 2. The summed E-state index contributed by atoms with van der Waals surface area (Å²) in [5, 5.41) is 16.8. The smallest absolute Gasteiger partial charge is 0.149 e. The van der Waals surface area contributed by atoms with E-state index in [9.17, 15) is 5.26 Å². The van der Waals surface area contributed by atoms with Crippen LogP contribution in [0.3, 0.4) is 0 Å². The van der Waals surface area contributed by atoms with E-state index in [-0.39, 0.29) is 24.6 Å². The van der Waals surface area contributed by atoms with Gasteiger partial charge in [0, 0.05) is 69.0 Å². The number of rotatable bonds is 3. The van der Waals surface area contributed by atoms with Crippen molar-refractivity contribution in [3.63, 3.8) is 0 Å². The van der Waals surface area contributed by atoms with Gasteiger partial charge in [0.25, 0.3) is 0 Å². The third-order valence-electron chi connectivity index (χ3n) is 7.77. The van der Waals surface area contributed by atoms with Gasteiger partial charge in [0.1, 0.15) is 17.7 Å². The maximum atomic E-state index is 10.5. The number of nitrogens with zero attached hydrogens (tertiary/aromatic N) is 5. The molecule has 1 N–H and O–H groups in total. The molecule has 2 unspecified atom stereocenters.